The number of nitrogens with two attached hydrogens (primary N) is 2. The van der Waals surface area contributed by atoms with Gasteiger partial charge in [0.25, 0.3) is 0 Å². The SMILES string of the molecule is CC1(C)O[C@@H]2[C@@H](CCc3ccc4cc(F)c(N)nc4c3)C[C@@H](n3ccc4c(Cl)ncnc43)[C@@H]2O1.Nc1nc2cc(Br)ccc2cc1F. The van der Waals surface area contributed by atoms with Gasteiger partial charge in [0.2, 0.25) is 0 Å². The molecule has 13 heteroatoms. The Bertz CT molecular complexity index is 2150. The Labute approximate surface area is 282 Å². The van der Waals surface area contributed by atoms with Gasteiger partial charge < -0.3 is 25.5 Å². The van der Waals surface area contributed by atoms with E-state index < -0.39 is 17.4 Å². The van der Waals surface area contributed by atoms with Gasteiger partial charge in [-0.1, -0.05) is 45.7 Å². The molecule has 1 aliphatic carbocycles. The molecule has 0 spiro atoms. The Hall–Kier alpha value is -3.97. The number of rotatable bonds is 4. The lowest BCUT2D eigenvalue weighted by molar-refractivity contribution is -0.160. The summed E-state index contributed by atoms with van der Waals surface area (Å²) in [4.78, 5) is 16.7. The zero-order chi connectivity index (χ0) is 33.0. The third kappa shape index (κ3) is 6.22. The number of anilines is 2. The molecule has 47 heavy (non-hydrogen) atoms. The van der Waals surface area contributed by atoms with Crippen LogP contribution in [0.25, 0.3) is 32.8 Å². The number of nitrogens with zero attached hydrogens (tertiary/aromatic N) is 5. The van der Waals surface area contributed by atoms with E-state index in [0.29, 0.717) is 22.1 Å². The summed E-state index contributed by atoms with van der Waals surface area (Å²) in [6, 6.07) is 16.2. The second kappa shape index (κ2) is 12.2. The van der Waals surface area contributed by atoms with Crippen LogP contribution in [-0.4, -0.2) is 42.5 Å². The van der Waals surface area contributed by atoms with Crippen LogP contribution in [0.15, 0.2) is 71.6 Å². The molecule has 1 saturated heterocycles. The largest absolute Gasteiger partial charge is 0.381 e. The van der Waals surface area contributed by atoms with Crippen LogP contribution < -0.4 is 11.5 Å². The first-order chi connectivity index (χ1) is 22.5. The molecule has 9 nitrogen and oxygen atoms in total. The number of ether oxygens (including phenoxy) is 2. The summed E-state index contributed by atoms with van der Waals surface area (Å²) in [7, 11) is 0. The zero-order valence-corrected chi connectivity index (χ0v) is 27.8. The van der Waals surface area contributed by atoms with Crippen molar-refractivity contribution in [3.05, 3.63) is 93.9 Å². The molecule has 0 radical (unpaired) electrons. The highest BCUT2D eigenvalue weighted by Crippen LogP contribution is 2.49. The van der Waals surface area contributed by atoms with E-state index in [1.807, 2.05) is 50.4 Å². The quantitative estimate of drug-likeness (QED) is 0.177. The van der Waals surface area contributed by atoms with Gasteiger partial charge in [-0.25, -0.2) is 28.7 Å². The molecule has 6 aromatic rings. The minimum Gasteiger partial charge on any atom is -0.381 e. The predicted octanol–water partition coefficient (Wildman–Crippen LogP) is 7.79. The van der Waals surface area contributed by atoms with E-state index in [4.69, 9.17) is 32.5 Å². The molecule has 0 amide bonds. The average molecular weight is 723 g/mol. The monoisotopic (exact) mass is 721 g/mol. The first-order valence-electron chi connectivity index (χ1n) is 15.1. The minimum absolute atomic E-state index is 0.0157. The molecule has 8 rings (SSSR count). The Morgan fingerprint density at radius 2 is 1.57 bits per heavy atom. The molecule has 1 saturated carbocycles. The third-order valence-electron chi connectivity index (χ3n) is 8.80. The summed E-state index contributed by atoms with van der Waals surface area (Å²) in [6.07, 6.45) is 6.09. The molecule has 5 heterocycles. The first kappa shape index (κ1) is 31.6. The number of aromatic nitrogens is 5. The highest BCUT2D eigenvalue weighted by molar-refractivity contribution is 9.10. The fourth-order valence-electron chi connectivity index (χ4n) is 6.66. The van der Waals surface area contributed by atoms with Crippen molar-refractivity contribution < 1.29 is 18.3 Å². The summed E-state index contributed by atoms with van der Waals surface area (Å²) in [5.74, 6) is -1.45. The summed E-state index contributed by atoms with van der Waals surface area (Å²) in [5.41, 5.74) is 14.3. The second-order valence-corrected chi connectivity index (χ2v) is 13.6. The van der Waals surface area contributed by atoms with Crippen molar-refractivity contribution in [1.82, 2.24) is 24.5 Å². The molecule has 2 aliphatic rings. The summed E-state index contributed by atoms with van der Waals surface area (Å²) in [5, 5.41) is 2.77. The fourth-order valence-corrected chi connectivity index (χ4v) is 7.20. The van der Waals surface area contributed by atoms with Crippen LogP contribution in [0.3, 0.4) is 0 Å². The van der Waals surface area contributed by atoms with Gasteiger partial charge >= 0.3 is 0 Å². The van der Waals surface area contributed by atoms with Gasteiger partial charge in [0.05, 0.1) is 28.6 Å². The number of hydrogen-bond acceptors (Lipinski definition) is 8. The Morgan fingerprint density at radius 1 is 0.915 bits per heavy atom. The van der Waals surface area contributed by atoms with Crippen LogP contribution >= 0.6 is 27.5 Å². The lowest BCUT2D eigenvalue weighted by Gasteiger charge is -2.24. The molecular formula is C34H31BrClF2N7O2. The average Bonchev–Trinajstić information content (AvgIpc) is 3.69. The van der Waals surface area contributed by atoms with Crippen LogP contribution in [0, 0.1) is 17.6 Å². The lowest BCUT2D eigenvalue weighted by atomic mass is 9.95. The number of fused-ring (bicyclic) bond motifs is 4. The topological polar surface area (TPSA) is 127 Å². The normalized spacial score (nSPS) is 21.7. The maximum Gasteiger partial charge on any atom is 0.165 e. The number of hydrogen-bond donors (Lipinski definition) is 2. The Morgan fingerprint density at radius 3 is 2.30 bits per heavy atom. The number of nitrogen functional groups attached to an aromatic ring is 2. The van der Waals surface area contributed by atoms with E-state index in [1.54, 1.807) is 12.1 Å². The van der Waals surface area contributed by atoms with Crippen LogP contribution in [0.2, 0.25) is 5.15 Å². The van der Waals surface area contributed by atoms with E-state index in [2.05, 4.69) is 40.4 Å². The van der Waals surface area contributed by atoms with Crippen molar-refractivity contribution in [2.45, 2.75) is 57.1 Å². The zero-order valence-electron chi connectivity index (χ0n) is 25.5. The first-order valence-corrected chi connectivity index (χ1v) is 16.3. The number of aryl methyl sites for hydroxylation is 1. The standard InChI is InChI=1S/C25H25ClFN5O2.C9H6BrFN2/c1-25(2)33-20-15(6-4-13-3-5-14-10-17(27)23(28)31-18(14)9-13)11-19(21(20)34-25)32-8-7-16-22(26)29-12-30-24(16)32;10-6-2-1-5-3-7(11)9(12)13-8(5)4-6/h3,5,7-10,12,15,19-21H,4,6,11H2,1-2H3,(H2,28,31);1-4H,(H2,12,13)/t15-,19+,20+,21-;/m0./s1. The maximum atomic E-state index is 13.7. The van der Waals surface area contributed by atoms with Gasteiger partial charge in [-0.3, -0.25) is 0 Å². The Balaban J connectivity index is 0.000000226. The molecular weight excluding hydrogens is 692 g/mol. The predicted molar refractivity (Wildman–Crippen MR) is 182 cm³/mol. The summed E-state index contributed by atoms with van der Waals surface area (Å²) < 4.78 is 42.5. The molecule has 4 atom stereocenters. The number of halogens is 4. The van der Waals surface area contributed by atoms with Gasteiger partial charge in [-0.15, -0.1) is 0 Å². The lowest BCUT2D eigenvalue weighted by Crippen LogP contribution is -2.27. The van der Waals surface area contributed by atoms with Gasteiger partial charge in [-0.05, 0) is 81.0 Å². The highest BCUT2D eigenvalue weighted by Gasteiger charge is 2.54. The summed E-state index contributed by atoms with van der Waals surface area (Å²) in [6.45, 7) is 3.93. The van der Waals surface area contributed by atoms with Gasteiger partial charge in [0.15, 0.2) is 29.1 Å². The van der Waals surface area contributed by atoms with Crippen molar-refractivity contribution >= 4 is 72.0 Å². The van der Waals surface area contributed by atoms with Crippen molar-refractivity contribution in [2.24, 2.45) is 5.92 Å². The van der Waals surface area contributed by atoms with Gasteiger partial charge in [0.1, 0.15) is 23.2 Å². The minimum atomic E-state index is -0.643. The summed E-state index contributed by atoms with van der Waals surface area (Å²) >= 11 is 9.59. The van der Waals surface area contributed by atoms with Crippen molar-refractivity contribution in [3.8, 4) is 0 Å². The highest BCUT2D eigenvalue weighted by atomic mass is 79.9. The van der Waals surface area contributed by atoms with Gasteiger partial charge in [0, 0.05) is 21.4 Å². The van der Waals surface area contributed by atoms with Crippen molar-refractivity contribution in [1.29, 1.82) is 0 Å². The van der Waals surface area contributed by atoms with E-state index in [1.165, 1.54) is 18.5 Å². The van der Waals surface area contributed by atoms with Crippen LogP contribution in [0.1, 0.15) is 38.3 Å². The maximum absolute atomic E-state index is 13.7. The van der Waals surface area contributed by atoms with E-state index in [0.717, 1.165) is 51.1 Å². The molecule has 2 fully saturated rings. The number of pyridine rings is 2. The smallest absolute Gasteiger partial charge is 0.165 e. The number of benzene rings is 2. The molecule has 4 aromatic heterocycles. The molecule has 242 valence electrons. The van der Waals surface area contributed by atoms with E-state index >= 15 is 0 Å². The van der Waals surface area contributed by atoms with E-state index in [-0.39, 0.29) is 29.9 Å². The third-order valence-corrected chi connectivity index (χ3v) is 9.59. The molecule has 4 N–H and O–H groups in total. The van der Waals surface area contributed by atoms with E-state index in [9.17, 15) is 8.78 Å². The van der Waals surface area contributed by atoms with Crippen molar-refractivity contribution in [2.75, 3.05) is 11.5 Å². The second-order valence-electron chi connectivity index (χ2n) is 12.4. The molecule has 0 unspecified atom stereocenters. The molecule has 0 bridgehead atoms. The Kier molecular flexibility index (Phi) is 8.23. The van der Waals surface area contributed by atoms with Crippen molar-refractivity contribution in [3.63, 3.8) is 0 Å². The molecule has 1 aliphatic heterocycles. The van der Waals surface area contributed by atoms with Gasteiger partial charge in [-0.2, -0.15) is 0 Å². The van der Waals surface area contributed by atoms with Crippen LogP contribution in [-0.2, 0) is 15.9 Å². The fraction of sp³-hybridized carbons (Fsp3) is 0.294. The molecule has 2 aromatic carbocycles. The van der Waals surface area contributed by atoms with Crippen LogP contribution in [0.5, 0.6) is 0 Å². The van der Waals surface area contributed by atoms with Crippen LogP contribution in [0.4, 0.5) is 20.4 Å².